The van der Waals surface area contributed by atoms with E-state index in [0.29, 0.717) is 30.1 Å². The fourth-order valence-corrected chi connectivity index (χ4v) is 5.31. The maximum Gasteiger partial charge on any atom is 0.243 e. The molecule has 6 nitrogen and oxygen atoms in total. The van der Waals surface area contributed by atoms with Crippen LogP contribution in [0.1, 0.15) is 18.0 Å². The molecule has 0 radical (unpaired) electrons. The van der Waals surface area contributed by atoms with Crippen molar-refractivity contribution in [3.05, 3.63) is 65.3 Å². The number of hydrogen-bond donors (Lipinski definition) is 0. The van der Waals surface area contributed by atoms with E-state index in [0.717, 1.165) is 11.3 Å². The fourth-order valence-electron chi connectivity index (χ4n) is 3.33. The van der Waals surface area contributed by atoms with E-state index in [1.54, 1.807) is 23.7 Å². The lowest BCUT2D eigenvalue weighted by Crippen LogP contribution is -2.30. The Morgan fingerprint density at radius 1 is 1.15 bits per heavy atom. The van der Waals surface area contributed by atoms with E-state index in [2.05, 4.69) is 10.3 Å². The number of sulfonamides is 1. The number of benzene rings is 2. The van der Waals surface area contributed by atoms with Gasteiger partial charge in [-0.15, -0.1) is 5.10 Å². The average molecular weight is 403 g/mol. The third-order valence-corrected chi connectivity index (χ3v) is 7.09. The van der Waals surface area contributed by atoms with Gasteiger partial charge in [0.05, 0.1) is 17.1 Å². The Labute approximate surface area is 163 Å². The van der Waals surface area contributed by atoms with Crippen LogP contribution in [0.15, 0.2) is 59.6 Å². The summed E-state index contributed by atoms with van der Waals surface area (Å²) in [5.41, 5.74) is 2.46. The smallest absolute Gasteiger partial charge is 0.243 e. The van der Waals surface area contributed by atoms with E-state index < -0.39 is 10.0 Å². The second-order valence-corrected chi connectivity index (χ2v) is 9.01. The quantitative estimate of drug-likeness (QED) is 0.669. The Bertz CT molecular complexity index is 1070. The van der Waals surface area contributed by atoms with E-state index >= 15 is 0 Å². The summed E-state index contributed by atoms with van der Waals surface area (Å²) < 4.78 is 29.3. The van der Waals surface area contributed by atoms with Gasteiger partial charge in [-0.05, 0) is 31.0 Å². The van der Waals surface area contributed by atoms with Crippen LogP contribution in [0.2, 0.25) is 5.02 Å². The van der Waals surface area contributed by atoms with Crippen LogP contribution in [-0.4, -0.2) is 40.8 Å². The number of halogens is 1. The van der Waals surface area contributed by atoms with E-state index in [4.69, 9.17) is 11.6 Å². The molecule has 0 bridgehead atoms. The van der Waals surface area contributed by atoms with Crippen molar-refractivity contribution in [1.29, 1.82) is 0 Å². The second-order valence-electron chi connectivity index (χ2n) is 6.67. The van der Waals surface area contributed by atoms with Gasteiger partial charge in [0.1, 0.15) is 5.69 Å². The van der Waals surface area contributed by atoms with E-state index in [1.807, 2.05) is 36.5 Å². The maximum absolute atomic E-state index is 13.0. The topological polar surface area (TPSA) is 68.1 Å². The Morgan fingerprint density at radius 3 is 2.70 bits per heavy atom. The zero-order valence-corrected chi connectivity index (χ0v) is 16.4. The lowest BCUT2D eigenvalue weighted by atomic mass is 10.2. The highest BCUT2D eigenvalue weighted by atomic mass is 35.5. The summed E-state index contributed by atoms with van der Waals surface area (Å²) >= 11 is 6.01. The van der Waals surface area contributed by atoms with Crippen LogP contribution in [0, 0.1) is 6.92 Å². The molecule has 0 amide bonds. The average Bonchev–Trinajstić information content (AvgIpc) is 3.34. The van der Waals surface area contributed by atoms with Crippen molar-refractivity contribution in [2.45, 2.75) is 24.3 Å². The predicted octanol–water partition coefficient (Wildman–Crippen LogP) is 3.54. The number of aromatic nitrogens is 3. The molecule has 1 aromatic heterocycles. The summed E-state index contributed by atoms with van der Waals surface area (Å²) in [6.07, 6.45) is 2.57. The molecule has 1 atom stereocenters. The Hall–Kier alpha value is -2.22. The molecule has 0 saturated carbocycles. The maximum atomic E-state index is 13.0. The number of hydrogen-bond acceptors (Lipinski definition) is 4. The van der Waals surface area contributed by atoms with Crippen molar-refractivity contribution in [3.63, 3.8) is 0 Å². The summed E-state index contributed by atoms with van der Waals surface area (Å²) in [6.45, 7) is 2.59. The van der Waals surface area contributed by atoms with E-state index in [9.17, 15) is 8.42 Å². The first-order valence-corrected chi connectivity index (χ1v) is 10.5. The van der Waals surface area contributed by atoms with Crippen LogP contribution in [0.3, 0.4) is 0 Å². The Balaban J connectivity index is 1.55. The zero-order chi connectivity index (χ0) is 19.0. The van der Waals surface area contributed by atoms with Crippen molar-refractivity contribution >= 4 is 21.6 Å². The van der Waals surface area contributed by atoms with Gasteiger partial charge in [0, 0.05) is 23.7 Å². The van der Waals surface area contributed by atoms with Gasteiger partial charge < -0.3 is 0 Å². The minimum absolute atomic E-state index is 0.0378. The molecule has 1 fully saturated rings. The SMILES string of the molecule is Cc1ccc(Cl)cc1S(=O)(=O)N1CCC(n2cc(-c3ccccc3)nn2)C1. The Morgan fingerprint density at radius 2 is 1.93 bits per heavy atom. The van der Waals surface area contributed by atoms with Gasteiger partial charge in [-0.2, -0.15) is 4.31 Å². The third kappa shape index (κ3) is 3.50. The van der Waals surface area contributed by atoms with Gasteiger partial charge in [0.25, 0.3) is 0 Å². The normalized spacial score (nSPS) is 18.1. The minimum atomic E-state index is -3.59. The van der Waals surface area contributed by atoms with Crippen molar-refractivity contribution in [2.24, 2.45) is 0 Å². The molecule has 0 N–H and O–H groups in total. The van der Waals surface area contributed by atoms with Gasteiger partial charge in [-0.3, -0.25) is 0 Å². The molecular formula is C19H19ClN4O2S. The van der Waals surface area contributed by atoms with Gasteiger partial charge >= 0.3 is 0 Å². The zero-order valence-electron chi connectivity index (χ0n) is 14.8. The van der Waals surface area contributed by atoms with Gasteiger partial charge in [-0.1, -0.05) is 53.2 Å². The van der Waals surface area contributed by atoms with Gasteiger partial charge in [0.15, 0.2) is 0 Å². The van der Waals surface area contributed by atoms with E-state index in [1.165, 1.54) is 10.4 Å². The molecule has 0 aliphatic carbocycles. The molecular weight excluding hydrogens is 384 g/mol. The summed E-state index contributed by atoms with van der Waals surface area (Å²) in [4.78, 5) is 0.263. The van der Waals surface area contributed by atoms with Crippen molar-refractivity contribution in [3.8, 4) is 11.3 Å². The molecule has 140 valence electrons. The van der Waals surface area contributed by atoms with Crippen molar-refractivity contribution in [1.82, 2.24) is 19.3 Å². The van der Waals surface area contributed by atoms with Crippen molar-refractivity contribution in [2.75, 3.05) is 13.1 Å². The first kappa shape index (κ1) is 18.2. The molecule has 2 heterocycles. The molecule has 0 spiro atoms. The molecule has 4 rings (SSSR count). The summed E-state index contributed by atoms with van der Waals surface area (Å²) in [6, 6.07) is 14.7. The predicted molar refractivity (Wildman–Crippen MR) is 104 cm³/mol. The van der Waals surface area contributed by atoms with Crippen LogP contribution >= 0.6 is 11.6 Å². The number of rotatable bonds is 4. The highest BCUT2D eigenvalue weighted by molar-refractivity contribution is 7.89. The largest absolute Gasteiger partial charge is 0.247 e. The van der Waals surface area contributed by atoms with Crippen molar-refractivity contribution < 1.29 is 8.42 Å². The monoisotopic (exact) mass is 402 g/mol. The lowest BCUT2D eigenvalue weighted by Gasteiger charge is -2.18. The molecule has 1 unspecified atom stereocenters. The second kappa shape index (κ2) is 7.07. The molecule has 1 aliphatic rings. The van der Waals surface area contributed by atoms with Crippen LogP contribution in [0.25, 0.3) is 11.3 Å². The van der Waals surface area contributed by atoms with Crippen LogP contribution < -0.4 is 0 Å². The molecule has 2 aromatic carbocycles. The standard InChI is InChI=1S/C19H19ClN4O2S/c1-14-7-8-16(20)11-19(14)27(25,26)23-10-9-17(12-23)24-13-18(21-22-24)15-5-3-2-4-6-15/h2-8,11,13,17H,9-10,12H2,1H3. The van der Waals surface area contributed by atoms with Crippen LogP contribution in [0.4, 0.5) is 0 Å². The molecule has 1 saturated heterocycles. The number of aryl methyl sites for hydroxylation is 1. The summed E-state index contributed by atoms with van der Waals surface area (Å²) in [5, 5.41) is 8.86. The summed E-state index contributed by atoms with van der Waals surface area (Å²) in [7, 11) is -3.59. The first-order valence-electron chi connectivity index (χ1n) is 8.69. The molecule has 27 heavy (non-hydrogen) atoms. The van der Waals surface area contributed by atoms with Crippen LogP contribution in [-0.2, 0) is 10.0 Å². The fraction of sp³-hybridized carbons (Fsp3) is 0.263. The lowest BCUT2D eigenvalue weighted by molar-refractivity contribution is 0.428. The minimum Gasteiger partial charge on any atom is -0.247 e. The highest BCUT2D eigenvalue weighted by Crippen LogP contribution is 2.30. The molecule has 8 heteroatoms. The van der Waals surface area contributed by atoms with Crippen LogP contribution in [0.5, 0.6) is 0 Å². The Kier molecular flexibility index (Phi) is 4.75. The highest BCUT2D eigenvalue weighted by Gasteiger charge is 2.34. The summed E-state index contributed by atoms with van der Waals surface area (Å²) in [5.74, 6) is 0. The van der Waals surface area contributed by atoms with Gasteiger partial charge in [0.2, 0.25) is 10.0 Å². The van der Waals surface area contributed by atoms with E-state index in [-0.39, 0.29) is 10.9 Å². The first-order chi connectivity index (χ1) is 12.9. The number of nitrogens with zero attached hydrogens (tertiary/aromatic N) is 4. The van der Waals surface area contributed by atoms with Gasteiger partial charge in [-0.25, -0.2) is 13.1 Å². The third-order valence-electron chi connectivity index (χ3n) is 4.85. The molecule has 1 aliphatic heterocycles. The molecule has 3 aromatic rings.